The lowest BCUT2D eigenvalue weighted by Gasteiger charge is -2.19. The third-order valence-electron chi connectivity index (χ3n) is 3.76. The third kappa shape index (κ3) is 4.19. The molecule has 2 heterocycles. The molecule has 1 aliphatic heterocycles. The molecule has 1 saturated heterocycles. The average molecular weight is 305 g/mol. The van der Waals surface area contributed by atoms with Crippen LogP contribution in [-0.4, -0.2) is 41.1 Å². The van der Waals surface area contributed by atoms with Crippen LogP contribution in [0, 0.1) is 5.92 Å². The maximum absolute atomic E-state index is 12.3. The Labute approximate surface area is 130 Å². The summed E-state index contributed by atoms with van der Waals surface area (Å²) < 4.78 is 0. The fourth-order valence-corrected chi connectivity index (χ4v) is 2.64. The lowest BCUT2D eigenvalue weighted by atomic mass is 10.0. The number of pyridine rings is 1. The maximum atomic E-state index is 12.3. The number of carboxylic acids is 1. The number of nitrogens with zero attached hydrogens (tertiary/aromatic N) is 2. The van der Waals surface area contributed by atoms with E-state index in [4.69, 9.17) is 0 Å². The molecule has 22 heavy (non-hydrogen) atoms. The van der Waals surface area contributed by atoms with Gasteiger partial charge in [0, 0.05) is 25.0 Å². The molecule has 0 aliphatic carbocycles. The first-order valence-electron chi connectivity index (χ1n) is 7.72. The molecule has 1 fully saturated rings. The van der Waals surface area contributed by atoms with E-state index in [1.807, 2.05) is 19.9 Å². The molecule has 0 bridgehead atoms. The SMILES string of the molecule is CC(C)CC(NC(=O)c1cc(N2CCCC2)ccn1)C(=O)O. The fraction of sp³-hybridized carbons (Fsp3) is 0.562. The van der Waals surface area contributed by atoms with Crippen LogP contribution in [0.4, 0.5) is 5.69 Å². The van der Waals surface area contributed by atoms with E-state index in [0.29, 0.717) is 6.42 Å². The smallest absolute Gasteiger partial charge is 0.326 e. The highest BCUT2D eigenvalue weighted by Crippen LogP contribution is 2.20. The third-order valence-corrected chi connectivity index (χ3v) is 3.76. The van der Waals surface area contributed by atoms with Crippen LogP contribution in [0.1, 0.15) is 43.6 Å². The number of aliphatic carboxylic acids is 1. The predicted octanol–water partition coefficient (Wildman–Crippen LogP) is 1.91. The van der Waals surface area contributed by atoms with Gasteiger partial charge in [-0.25, -0.2) is 4.79 Å². The zero-order valence-electron chi connectivity index (χ0n) is 13.1. The van der Waals surface area contributed by atoms with E-state index in [0.717, 1.165) is 31.6 Å². The number of carbonyl (C=O) groups is 2. The van der Waals surface area contributed by atoms with Crippen LogP contribution >= 0.6 is 0 Å². The van der Waals surface area contributed by atoms with Gasteiger partial charge in [-0.1, -0.05) is 13.8 Å². The van der Waals surface area contributed by atoms with Crippen LogP contribution in [0.5, 0.6) is 0 Å². The lowest BCUT2D eigenvalue weighted by Crippen LogP contribution is -2.42. The van der Waals surface area contributed by atoms with Crippen molar-refractivity contribution in [1.29, 1.82) is 0 Å². The zero-order chi connectivity index (χ0) is 16.1. The molecule has 2 rings (SSSR count). The molecule has 6 heteroatoms. The molecular weight excluding hydrogens is 282 g/mol. The Kier molecular flexibility index (Phi) is 5.35. The van der Waals surface area contributed by atoms with Crippen molar-refractivity contribution in [2.45, 2.75) is 39.2 Å². The first-order chi connectivity index (χ1) is 10.5. The first kappa shape index (κ1) is 16.3. The van der Waals surface area contributed by atoms with E-state index < -0.39 is 17.9 Å². The number of aromatic nitrogens is 1. The molecule has 0 spiro atoms. The minimum Gasteiger partial charge on any atom is -0.480 e. The Balaban J connectivity index is 2.08. The van der Waals surface area contributed by atoms with E-state index in [2.05, 4.69) is 15.2 Å². The normalized spacial score (nSPS) is 15.9. The molecular formula is C16H23N3O3. The van der Waals surface area contributed by atoms with Crippen molar-refractivity contribution in [3.63, 3.8) is 0 Å². The average Bonchev–Trinajstić information content (AvgIpc) is 3.00. The van der Waals surface area contributed by atoms with Gasteiger partial charge in [0.1, 0.15) is 11.7 Å². The molecule has 2 N–H and O–H groups in total. The van der Waals surface area contributed by atoms with Crippen molar-refractivity contribution >= 4 is 17.6 Å². The second-order valence-electron chi connectivity index (χ2n) is 6.09. The largest absolute Gasteiger partial charge is 0.480 e. The molecule has 1 atom stereocenters. The number of hydrogen-bond acceptors (Lipinski definition) is 4. The van der Waals surface area contributed by atoms with Gasteiger partial charge in [-0.15, -0.1) is 0 Å². The van der Waals surface area contributed by atoms with E-state index in [9.17, 15) is 14.7 Å². The van der Waals surface area contributed by atoms with Gasteiger partial charge < -0.3 is 15.3 Å². The number of amides is 1. The van der Waals surface area contributed by atoms with Crippen molar-refractivity contribution in [1.82, 2.24) is 10.3 Å². The summed E-state index contributed by atoms with van der Waals surface area (Å²) in [5.41, 5.74) is 1.23. The second-order valence-corrected chi connectivity index (χ2v) is 6.09. The summed E-state index contributed by atoms with van der Waals surface area (Å²) in [6.45, 7) is 5.81. The van der Waals surface area contributed by atoms with Crippen molar-refractivity contribution < 1.29 is 14.7 Å². The molecule has 1 aromatic heterocycles. The summed E-state index contributed by atoms with van der Waals surface area (Å²) in [5, 5.41) is 11.8. The summed E-state index contributed by atoms with van der Waals surface area (Å²) >= 11 is 0. The highest BCUT2D eigenvalue weighted by Gasteiger charge is 2.23. The van der Waals surface area contributed by atoms with Gasteiger partial charge in [0.15, 0.2) is 0 Å². The van der Waals surface area contributed by atoms with Crippen LogP contribution < -0.4 is 10.2 Å². The summed E-state index contributed by atoms with van der Waals surface area (Å²) in [6, 6.07) is 2.73. The minimum atomic E-state index is -1.02. The van der Waals surface area contributed by atoms with Crippen molar-refractivity contribution in [2.24, 2.45) is 5.92 Å². The molecule has 1 unspecified atom stereocenters. The highest BCUT2D eigenvalue weighted by molar-refractivity contribution is 5.95. The molecule has 6 nitrogen and oxygen atoms in total. The summed E-state index contributed by atoms with van der Waals surface area (Å²) in [6.07, 6.45) is 4.30. The topological polar surface area (TPSA) is 82.5 Å². The quantitative estimate of drug-likeness (QED) is 0.839. The Bertz CT molecular complexity index is 539. The molecule has 1 amide bonds. The lowest BCUT2D eigenvalue weighted by molar-refractivity contribution is -0.139. The number of hydrogen-bond donors (Lipinski definition) is 2. The summed E-state index contributed by atoms with van der Waals surface area (Å²) in [4.78, 5) is 29.8. The monoisotopic (exact) mass is 305 g/mol. The van der Waals surface area contributed by atoms with Crippen LogP contribution in [0.15, 0.2) is 18.3 Å². The van der Waals surface area contributed by atoms with Crippen LogP contribution in [0.3, 0.4) is 0 Å². The van der Waals surface area contributed by atoms with Crippen molar-refractivity contribution in [3.8, 4) is 0 Å². The van der Waals surface area contributed by atoms with Gasteiger partial charge >= 0.3 is 5.97 Å². The highest BCUT2D eigenvalue weighted by atomic mass is 16.4. The number of rotatable bonds is 6. The van der Waals surface area contributed by atoms with Crippen molar-refractivity contribution in [2.75, 3.05) is 18.0 Å². The predicted molar refractivity (Wildman–Crippen MR) is 84.0 cm³/mol. The zero-order valence-corrected chi connectivity index (χ0v) is 13.1. The summed E-state index contributed by atoms with van der Waals surface area (Å²) in [5.74, 6) is -1.27. The summed E-state index contributed by atoms with van der Waals surface area (Å²) in [7, 11) is 0. The second kappa shape index (κ2) is 7.24. The number of carbonyl (C=O) groups excluding carboxylic acids is 1. The van der Waals surface area contributed by atoms with Gasteiger partial charge in [-0.2, -0.15) is 0 Å². The molecule has 0 aromatic carbocycles. The minimum absolute atomic E-state index is 0.185. The van der Waals surface area contributed by atoms with E-state index in [1.54, 1.807) is 12.3 Å². The Morgan fingerprint density at radius 2 is 2.05 bits per heavy atom. The number of carboxylic acid groups (broad SMARTS) is 1. The molecule has 0 radical (unpaired) electrons. The van der Waals surface area contributed by atoms with E-state index in [-0.39, 0.29) is 11.6 Å². The van der Waals surface area contributed by atoms with Gasteiger partial charge in [0.25, 0.3) is 5.91 Å². The van der Waals surface area contributed by atoms with E-state index in [1.165, 1.54) is 0 Å². The molecule has 1 aliphatic rings. The Morgan fingerprint density at radius 3 is 2.64 bits per heavy atom. The van der Waals surface area contributed by atoms with E-state index >= 15 is 0 Å². The molecule has 0 saturated carbocycles. The molecule has 1 aromatic rings. The van der Waals surface area contributed by atoms with Gasteiger partial charge in [-0.05, 0) is 37.3 Å². The Hall–Kier alpha value is -2.11. The van der Waals surface area contributed by atoms with Crippen LogP contribution in [0.2, 0.25) is 0 Å². The van der Waals surface area contributed by atoms with Gasteiger partial charge in [0.2, 0.25) is 0 Å². The van der Waals surface area contributed by atoms with Crippen molar-refractivity contribution in [3.05, 3.63) is 24.0 Å². The number of nitrogens with one attached hydrogen (secondary N) is 1. The number of anilines is 1. The fourth-order valence-electron chi connectivity index (χ4n) is 2.64. The van der Waals surface area contributed by atoms with Gasteiger partial charge in [-0.3, -0.25) is 9.78 Å². The first-order valence-corrected chi connectivity index (χ1v) is 7.72. The standard InChI is InChI=1S/C16H23N3O3/c1-11(2)9-14(16(21)22)18-15(20)13-10-12(5-6-17-13)19-7-3-4-8-19/h5-6,10-11,14H,3-4,7-9H2,1-2H3,(H,18,20)(H,21,22). The van der Waals surface area contributed by atoms with Gasteiger partial charge in [0.05, 0.1) is 0 Å². The van der Waals surface area contributed by atoms with Crippen LogP contribution in [0.25, 0.3) is 0 Å². The maximum Gasteiger partial charge on any atom is 0.326 e. The van der Waals surface area contributed by atoms with Crippen LogP contribution in [-0.2, 0) is 4.79 Å². The molecule has 120 valence electrons. The Morgan fingerprint density at radius 1 is 1.36 bits per heavy atom.